The SMILES string of the molecule is NC(=O)NC(=O)CN1C(=O)NC2(CCCCC2)C1=O. The topological polar surface area (TPSA) is 122 Å². The van der Waals surface area contributed by atoms with E-state index < -0.39 is 36.0 Å². The number of carbonyl (C=O) groups excluding carboxylic acids is 4. The second kappa shape index (κ2) is 4.87. The lowest BCUT2D eigenvalue weighted by molar-refractivity contribution is -0.135. The molecule has 0 radical (unpaired) electrons. The Balaban J connectivity index is 2.06. The minimum absolute atomic E-state index is 0.392. The van der Waals surface area contributed by atoms with Gasteiger partial charge in [-0.05, 0) is 12.8 Å². The number of nitrogens with two attached hydrogens (primary N) is 1. The van der Waals surface area contributed by atoms with Crippen molar-refractivity contribution in [3.8, 4) is 0 Å². The van der Waals surface area contributed by atoms with Crippen molar-refractivity contribution in [2.75, 3.05) is 6.54 Å². The van der Waals surface area contributed by atoms with Crippen LogP contribution < -0.4 is 16.4 Å². The van der Waals surface area contributed by atoms with Crippen molar-refractivity contribution in [1.82, 2.24) is 15.5 Å². The average Bonchev–Trinajstić information content (AvgIpc) is 2.54. The summed E-state index contributed by atoms with van der Waals surface area (Å²) in [6.45, 7) is -0.491. The van der Waals surface area contributed by atoms with Crippen molar-refractivity contribution in [2.24, 2.45) is 5.73 Å². The number of nitrogens with zero attached hydrogens (tertiary/aromatic N) is 1. The largest absolute Gasteiger partial charge is 0.351 e. The molecule has 0 aromatic carbocycles. The van der Waals surface area contributed by atoms with Crippen LogP contribution in [0.15, 0.2) is 0 Å². The molecule has 8 nitrogen and oxygen atoms in total. The number of urea groups is 2. The van der Waals surface area contributed by atoms with Crippen LogP contribution in [0.2, 0.25) is 0 Å². The van der Waals surface area contributed by atoms with Gasteiger partial charge in [-0.3, -0.25) is 19.8 Å². The Hall–Kier alpha value is -2.12. The Morgan fingerprint density at radius 3 is 2.47 bits per heavy atom. The molecule has 2 rings (SSSR count). The number of amides is 6. The third-order valence-electron chi connectivity index (χ3n) is 3.52. The second-order valence-electron chi connectivity index (χ2n) is 4.88. The van der Waals surface area contributed by atoms with Gasteiger partial charge in [-0.25, -0.2) is 9.59 Å². The van der Waals surface area contributed by atoms with Gasteiger partial charge in [0, 0.05) is 0 Å². The molecule has 1 aliphatic heterocycles. The van der Waals surface area contributed by atoms with Crippen molar-refractivity contribution in [3.63, 3.8) is 0 Å². The second-order valence-corrected chi connectivity index (χ2v) is 4.88. The number of rotatable bonds is 2. The fourth-order valence-corrected chi connectivity index (χ4v) is 2.63. The first-order valence-electron chi connectivity index (χ1n) is 6.18. The normalized spacial score (nSPS) is 21.4. The molecule has 8 heteroatoms. The molecule has 1 spiro atoms. The molecule has 4 N–H and O–H groups in total. The molecular formula is C11H16N4O4. The molecule has 104 valence electrons. The number of carbonyl (C=O) groups is 4. The van der Waals surface area contributed by atoms with E-state index >= 15 is 0 Å². The zero-order valence-electron chi connectivity index (χ0n) is 10.4. The summed E-state index contributed by atoms with van der Waals surface area (Å²) >= 11 is 0. The lowest BCUT2D eigenvalue weighted by Gasteiger charge is -2.30. The van der Waals surface area contributed by atoms with E-state index in [1.165, 1.54) is 0 Å². The first kappa shape index (κ1) is 13.3. The van der Waals surface area contributed by atoms with E-state index in [4.69, 9.17) is 5.73 Å². The summed E-state index contributed by atoms with van der Waals surface area (Å²) in [6.07, 6.45) is 3.95. The molecule has 2 fully saturated rings. The van der Waals surface area contributed by atoms with Crippen molar-refractivity contribution >= 4 is 23.9 Å². The minimum Gasteiger partial charge on any atom is -0.351 e. The molecule has 1 aliphatic carbocycles. The van der Waals surface area contributed by atoms with Crippen molar-refractivity contribution in [3.05, 3.63) is 0 Å². The van der Waals surface area contributed by atoms with Gasteiger partial charge in [0.25, 0.3) is 5.91 Å². The number of hydrogen-bond donors (Lipinski definition) is 3. The molecule has 2 aliphatic rings. The summed E-state index contributed by atoms with van der Waals surface area (Å²) in [5, 5.41) is 4.50. The fraction of sp³-hybridized carbons (Fsp3) is 0.636. The monoisotopic (exact) mass is 268 g/mol. The van der Waals surface area contributed by atoms with Crippen LogP contribution in [-0.2, 0) is 9.59 Å². The van der Waals surface area contributed by atoms with Gasteiger partial charge in [-0.15, -0.1) is 0 Å². The quantitative estimate of drug-likeness (QED) is 0.581. The third-order valence-corrected chi connectivity index (χ3v) is 3.52. The van der Waals surface area contributed by atoms with E-state index in [1.54, 1.807) is 0 Å². The van der Waals surface area contributed by atoms with Gasteiger partial charge in [-0.1, -0.05) is 19.3 Å². The average molecular weight is 268 g/mol. The van der Waals surface area contributed by atoms with Crippen LogP contribution >= 0.6 is 0 Å². The van der Waals surface area contributed by atoms with Gasteiger partial charge in [0.1, 0.15) is 12.1 Å². The smallest absolute Gasteiger partial charge is 0.325 e. The highest BCUT2D eigenvalue weighted by atomic mass is 16.2. The van der Waals surface area contributed by atoms with E-state index in [9.17, 15) is 19.2 Å². The summed E-state index contributed by atoms with van der Waals surface area (Å²) in [4.78, 5) is 46.8. The van der Waals surface area contributed by atoms with Gasteiger partial charge >= 0.3 is 12.1 Å². The fourth-order valence-electron chi connectivity index (χ4n) is 2.63. The molecule has 0 aromatic rings. The maximum Gasteiger partial charge on any atom is 0.325 e. The predicted octanol–water partition coefficient (Wildman–Crippen LogP) is -0.564. The van der Waals surface area contributed by atoms with E-state index in [-0.39, 0.29) is 0 Å². The maximum atomic E-state index is 12.3. The Kier molecular flexibility index (Phi) is 3.41. The molecule has 1 heterocycles. The van der Waals surface area contributed by atoms with Crippen molar-refractivity contribution < 1.29 is 19.2 Å². The summed E-state index contributed by atoms with van der Waals surface area (Å²) < 4.78 is 0. The lowest BCUT2D eigenvalue weighted by atomic mass is 9.82. The summed E-state index contributed by atoms with van der Waals surface area (Å²) in [7, 11) is 0. The third kappa shape index (κ3) is 2.51. The number of nitrogens with one attached hydrogen (secondary N) is 2. The molecule has 1 saturated heterocycles. The van der Waals surface area contributed by atoms with Crippen LogP contribution in [0, 0.1) is 0 Å². The highest BCUT2D eigenvalue weighted by Gasteiger charge is 2.51. The molecule has 19 heavy (non-hydrogen) atoms. The highest BCUT2D eigenvalue weighted by Crippen LogP contribution is 2.33. The van der Waals surface area contributed by atoms with E-state index in [0.29, 0.717) is 12.8 Å². The van der Waals surface area contributed by atoms with Crippen LogP contribution in [0.1, 0.15) is 32.1 Å². The maximum absolute atomic E-state index is 12.3. The molecule has 6 amide bonds. The van der Waals surface area contributed by atoms with Crippen LogP contribution in [-0.4, -0.2) is 40.9 Å². The number of imide groups is 2. The van der Waals surface area contributed by atoms with Crippen molar-refractivity contribution in [1.29, 1.82) is 0 Å². The summed E-state index contributed by atoms with van der Waals surface area (Å²) in [6, 6.07) is -1.60. The first-order chi connectivity index (χ1) is 8.94. The van der Waals surface area contributed by atoms with E-state index in [2.05, 4.69) is 5.32 Å². The lowest BCUT2D eigenvalue weighted by Crippen LogP contribution is -2.49. The van der Waals surface area contributed by atoms with Crippen LogP contribution in [0.25, 0.3) is 0 Å². The van der Waals surface area contributed by atoms with Gasteiger partial charge < -0.3 is 11.1 Å². The summed E-state index contributed by atoms with van der Waals surface area (Å²) in [5.74, 6) is -1.17. The minimum atomic E-state index is -1.01. The molecule has 0 unspecified atom stereocenters. The van der Waals surface area contributed by atoms with Gasteiger partial charge in [0.05, 0.1) is 0 Å². The molecule has 0 bridgehead atoms. The molecule has 0 aromatic heterocycles. The molecule has 1 saturated carbocycles. The Morgan fingerprint density at radius 1 is 1.26 bits per heavy atom. The van der Waals surface area contributed by atoms with Crippen LogP contribution in [0.3, 0.4) is 0 Å². The highest BCUT2D eigenvalue weighted by molar-refractivity contribution is 6.09. The van der Waals surface area contributed by atoms with Crippen LogP contribution in [0.4, 0.5) is 9.59 Å². The molecule has 0 atom stereocenters. The number of hydrogen-bond acceptors (Lipinski definition) is 4. The van der Waals surface area contributed by atoms with E-state index in [1.807, 2.05) is 5.32 Å². The first-order valence-corrected chi connectivity index (χ1v) is 6.18. The van der Waals surface area contributed by atoms with Gasteiger partial charge in [-0.2, -0.15) is 0 Å². The Morgan fingerprint density at radius 2 is 1.89 bits per heavy atom. The standard InChI is InChI=1S/C11H16N4O4/c12-9(18)13-7(16)6-15-8(17)11(14-10(15)19)4-2-1-3-5-11/h1-6H2,(H,14,19)(H3,12,13,16,18). The predicted molar refractivity (Wildman–Crippen MR) is 63.8 cm³/mol. The Bertz CT molecular complexity index is 442. The summed E-state index contributed by atoms with van der Waals surface area (Å²) in [5.41, 5.74) is 3.94. The number of primary amides is 1. The van der Waals surface area contributed by atoms with E-state index in [0.717, 1.165) is 24.2 Å². The van der Waals surface area contributed by atoms with Crippen LogP contribution in [0.5, 0.6) is 0 Å². The van der Waals surface area contributed by atoms with Crippen molar-refractivity contribution in [2.45, 2.75) is 37.6 Å². The zero-order valence-corrected chi connectivity index (χ0v) is 10.4. The zero-order chi connectivity index (χ0) is 14.0. The van der Waals surface area contributed by atoms with Gasteiger partial charge in [0.2, 0.25) is 5.91 Å². The Labute approximate surface area is 109 Å². The molecular weight excluding hydrogens is 252 g/mol. The van der Waals surface area contributed by atoms with Gasteiger partial charge in [0.15, 0.2) is 0 Å².